The first-order chi connectivity index (χ1) is 17.4. The fraction of sp³-hybridized carbons (Fsp3) is 0.741. The first-order valence-electron chi connectivity index (χ1n) is 13.2. The molecule has 0 unspecified atom stereocenters. The molecule has 0 N–H and O–H groups in total. The van der Waals surface area contributed by atoms with Gasteiger partial charge in [-0.2, -0.15) is 0 Å². The first kappa shape index (κ1) is 32.5. The summed E-state index contributed by atoms with van der Waals surface area (Å²) in [6.07, 6.45) is -2.89. The summed E-state index contributed by atoms with van der Waals surface area (Å²) in [5, 5.41) is 3.93. The van der Waals surface area contributed by atoms with Crippen LogP contribution in [0.15, 0.2) is 35.4 Å². The predicted molar refractivity (Wildman–Crippen MR) is 154 cm³/mol. The summed E-state index contributed by atoms with van der Waals surface area (Å²) >= 11 is 0. The zero-order valence-corrected chi connectivity index (χ0v) is 27.0. The van der Waals surface area contributed by atoms with Gasteiger partial charge in [0, 0.05) is 11.8 Å². The van der Waals surface area contributed by atoms with E-state index in [1.165, 1.54) is 6.92 Å². The van der Waals surface area contributed by atoms with E-state index < -0.39 is 53.2 Å². The van der Waals surface area contributed by atoms with E-state index in [0.29, 0.717) is 0 Å². The van der Waals surface area contributed by atoms with Crippen LogP contribution in [0.5, 0.6) is 0 Å². The quantitative estimate of drug-likeness (QED) is 0.0997. The Balaban J connectivity index is 2.58. The molecule has 0 saturated carbocycles. The van der Waals surface area contributed by atoms with Gasteiger partial charge in [-0.25, -0.2) is 0 Å². The highest BCUT2D eigenvalue weighted by atomic mass is 28.4. The number of benzene rings is 1. The van der Waals surface area contributed by atoms with Crippen LogP contribution >= 0.6 is 0 Å². The number of azide groups is 1. The molecule has 1 heterocycles. The molecule has 0 radical (unpaired) electrons. The molecule has 5 atom stereocenters. The number of hydrogen-bond acceptors (Lipinski definition) is 7. The normalized spacial score (nSPS) is 25.0. The highest BCUT2D eigenvalue weighted by Gasteiger charge is 2.53. The van der Waals surface area contributed by atoms with Gasteiger partial charge in [0.05, 0.1) is 12.7 Å². The Hall–Kier alpha value is -1.73. The Kier molecular flexibility index (Phi) is 10.8. The molecule has 1 aliphatic heterocycles. The summed E-state index contributed by atoms with van der Waals surface area (Å²) in [6.45, 7) is 23.0. The van der Waals surface area contributed by atoms with Gasteiger partial charge in [0.1, 0.15) is 24.9 Å². The van der Waals surface area contributed by atoms with Gasteiger partial charge < -0.3 is 23.1 Å². The number of esters is 1. The molecule has 1 aromatic carbocycles. The van der Waals surface area contributed by atoms with Crippen LogP contribution in [0.4, 0.5) is 0 Å². The maximum Gasteiger partial charge on any atom is 0.302 e. The Morgan fingerprint density at radius 3 is 2.03 bits per heavy atom. The van der Waals surface area contributed by atoms with Gasteiger partial charge in [-0.3, -0.25) is 4.79 Å². The second-order valence-electron chi connectivity index (χ2n) is 13.0. The Morgan fingerprint density at radius 1 is 0.974 bits per heavy atom. The number of carbonyl (C=O) groups excluding carboxylic acids is 1. The SMILES string of the molecule is CC(=O)OC[C@H]1O[C@@H](O[Si](C)(C)C(C)(C)C)[C@H](N=[N+]=[N-])[C@@H](OCc2ccccc2)[C@@H]1O[Si](C)(C)C(C)(C)C. The van der Waals surface area contributed by atoms with Crippen LogP contribution in [-0.2, 0) is 34.5 Å². The van der Waals surface area contributed by atoms with E-state index in [0.717, 1.165) is 5.56 Å². The summed E-state index contributed by atoms with van der Waals surface area (Å²) in [7, 11) is -4.72. The van der Waals surface area contributed by atoms with Crippen molar-refractivity contribution in [1.82, 2.24) is 0 Å². The summed E-state index contributed by atoms with van der Waals surface area (Å²) < 4.78 is 32.0. The molecule has 11 heteroatoms. The van der Waals surface area contributed by atoms with Crippen LogP contribution < -0.4 is 0 Å². The van der Waals surface area contributed by atoms with E-state index in [9.17, 15) is 10.3 Å². The summed E-state index contributed by atoms with van der Waals surface area (Å²) in [6, 6.07) is 8.99. The molecule has 1 aliphatic rings. The van der Waals surface area contributed by atoms with Crippen LogP contribution in [0.3, 0.4) is 0 Å². The van der Waals surface area contributed by atoms with Crippen molar-refractivity contribution in [2.75, 3.05) is 6.61 Å². The third kappa shape index (κ3) is 8.38. The van der Waals surface area contributed by atoms with Gasteiger partial charge >= 0.3 is 5.97 Å². The lowest BCUT2D eigenvalue weighted by Crippen LogP contribution is -2.65. The summed E-state index contributed by atoms with van der Waals surface area (Å²) in [5.74, 6) is -0.416. The van der Waals surface area contributed by atoms with E-state index in [4.69, 9.17) is 23.1 Å². The van der Waals surface area contributed by atoms with Crippen LogP contribution in [-0.4, -0.2) is 59.9 Å². The maximum atomic E-state index is 11.8. The van der Waals surface area contributed by atoms with Gasteiger partial charge in [-0.15, -0.1) is 0 Å². The lowest BCUT2D eigenvalue weighted by molar-refractivity contribution is -0.251. The first-order valence-corrected chi connectivity index (χ1v) is 19.1. The smallest absolute Gasteiger partial charge is 0.302 e. The molecule has 1 fully saturated rings. The van der Waals surface area contributed by atoms with E-state index >= 15 is 0 Å². The number of hydrogen-bond donors (Lipinski definition) is 0. The van der Waals surface area contributed by atoms with E-state index in [1.54, 1.807) is 0 Å². The molecule has 0 spiro atoms. The number of nitrogens with zero attached hydrogens (tertiary/aromatic N) is 3. The Bertz CT molecular complexity index is 971. The van der Waals surface area contributed by atoms with Gasteiger partial charge in [0.15, 0.2) is 22.9 Å². The third-order valence-electron chi connectivity index (χ3n) is 7.99. The highest BCUT2D eigenvalue weighted by Crippen LogP contribution is 2.43. The fourth-order valence-corrected chi connectivity index (χ4v) is 6.04. The molecule has 0 aromatic heterocycles. The minimum Gasteiger partial charge on any atom is -0.463 e. The third-order valence-corrected chi connectivity index (χ3v) is 16.9. The van der Waals surface area contributed by atoms with Gasteiger partial charge in [0.2, 0.25) is 0 Å². The van der Waals surface area contributed by atoms with Crippen molar-refractivity contribution < 1.29 is 27.9 Å². The monoisotopic (exact) mass is 565 g/mol. The average molecular weight is 566 g/mol. The molecule has 214 valence electrons. The summed E-state index contributed by atoms with van der Waals surface area (Å²) in [4.78, 5) is 15.0. The van der Waals surface area contributed by atoms with Crippen LogP contribution in [0.1, 0.15) is 54.0 Å². The van der Waals surface area contributed by atoms with Gasteiger partial charge in [-0.05, 0) is 47.4 Å². The molecule has 2 rings (SSSR count). The topological polar surface area (TPSA) is 112 Å². The largest absolute Gasteiger partial charge is 0.463 e. The molecule has 0 amide bonds. The van der Waals surface area contributed by atoms with Crippen molar-refractivity contribution in [1.29, 1.82) is 0 Å². The number of carbonyl (C=O) groups is 1. The van der Waals surface area contributed by atoms with Crippen molar-refractivity contribution in [2.45, 2.75) is 122 Å². The Morgan fingerprint density at radius 2 is 1.53 bits per heavy atom. The lowest BCUT2D eigenvalue weighted by Gasteiger charge is -2.51. The zero-order chi connectivity index (χ0) is 28.9. The average Bonchev–Trinajstić information content (AvgIpc) is 2.78. The van der Waals surface area contributed by atoms with Crippen molar-refractivity contribution in [3.05, 3.63) is 46.3 Å². The fourth-order valence-electron chi connectivity index (χ4n) is 3.59. The maximum absolute atomic E-state index is 11.8. The molecular weight excluding hydrogens is 518 g/mol. The zero-order valence-electron chi connectivity index (χ0n) is 25.0. The van der Waals surface area contributed by atoms with Crippen molar-refractivity contribution in [3.63, 3.8) is 0 Å². The van der Waals surface area contributed by atoms with Crippen LogP contribution in [0, 0.1) is 0 Å². The minimum absolute atomic E-state index is 0.0276. The molecule has 0 bridgehead atoms. The second-order valence-corrected chi connectivity index (χ2v) is 22.5. The minimum atomic E-state index is -2.36. The predicted octanol–water partition coefficient (Wildman–Crippen LogP) is 6.95. The lowest BCUT2D eigenvalue weighted by atomic mass is 9.97. The molecule has 0 aliphatic carbocycles. The standard InChI is InChI=1S/C27H47N3O6Si2/c1-19(31)32-18-21-23(35-37(8,9)26(2,3)4)24(33-17-20-15-13-12-14-16-20)22(29-30-28)25(34-21)36-38(10,11)27(5,6)7/h12-16,21-25H,17-18H2,1-11H3/t21-,22-,23-,24-,25+/m1/s1. The van der Waals surface area contributed by atoms with Crippen molar-refractivity contribution >= 4 is 22.6 Å². The number of ether oxygens (including phenoxy) is 3. The molecule has 9 nitrogen and oxygen atoms in total. The van der Waals surface area contributed by atoms with Gasteiger partial charge in [0.25, 0.3) is 0 Å². The molecule has 1 aromatic rings. The summed E-state index contributed by atoms with van der Waals surface area (Å²) in [5.41, 5.74) is 10.6. The molecule has 1 saturated heterocycles. The Labute approximate surface area is 230 Å². The number of rotatable bonds is 10. The van der Waals surface area contributed by atoms with Crippen LogP contribution in [0.2, 0.25) is 36.3 Å². The molecular formula is C27H47N3O6Si2. The highest BCUT2D eigenvalue weighted by molar-refractivity contribution is 6.74. The van der Waals surface area contributed by atoms with E-state index in [1.807, 2.05) is 30.3 Å². The van der Waals surface area contributed by atoms with Crippen LogP contribution in [0.25, 0.3) is 10.4 Å². The van der Waals surface area contributed by atoms with E-state index in [2.05, 4.69) is 77.8 Å². The molecule has 38 heavy (non-hydrogen) atoms. The van der Waals surface area contributed by atoms with Crippen molar-refractivity contribution in [2.24, 2.45) is 5.11 Å². The van der Waals surface area contributed by atoms with E-state index in [-0.39, 0.29) is 23.3 Å². The van der Waals surface area contributed by atoms with Gasteiger partial charge in [-0.1, -0.05) is 77.0 Å². The second kappa shape index (κ2) is 12.6. The van der Waals surface area contributed by atoms with Crippen molar-refractivity contribution in [3.8, 4) is 0 Å².